The summed E-state index contributed by atoms with van der Waals surface area (Å²) < 4.78 is 30.2. The van der Waals surface area contributed by atoms with Crippen LogP contribution in [0.4, 0.5) is 0 Å². The number of piperidine rings is 1. The molecule has 10 heteroatoms. The molecule has 2 aliphatic heterocycles. The zero-order chi connectivity index (χ0) is 22.2. The number of aromatic nitrogens is 1. The molecule has 0 aliphatic carbocycles. The Balaban J connectivity index is 1.43. The normalized spacial score (nSPS) is 19.9. The Hall–Kier alpha value is -1.75. The third-order valence-corrected chi connectivity index (χ3v) is 9.36. The third kappa shape index (κ3) is 4.30. The van der Waals surface area contributed by atoms with E-state index >= 15 is 0 Å². The lowest BCUT2D eigenvalue weighted by molar-refractivity contribution is -0.138. The van der Waals surface area contributed by atoms with Crippen LogP contribution in [-0.2, 0) is 21.4 Å². The van der Waals surface area contributed by atoms with Crippen molar-refractivity contribution in [3.05, 3.63) is 27.9 Å². The number of likely N-dealkylation sites (N-methyl/N-ethyl adjacent to an activating group) is 1. The van der Waals surface area contributed by atoms with Crippen molar-refractivity contribution >= 4 is 37.5 Å². The standard InChI is InChI=1S/C21H30N4O4S2/c1-3-22-11-13-23(14-12-22)20(26)16-7-9-24(10-8-16)31(28,29)17-5-6-18-19(15-17)30-21(27)25(18)4-2/h5-6,15-16H,3-4,7-14H2,1-2H3. The maximum atomic E-state index is 13.2. The molecule has 3 heterocycles. The molecular weight excluding hydrogens is 436 g/mol. The second-order valence-corrected chi connectivity index (χ2v) is 11.1. The fourth-order valence-corrected chi connectivity index (χ4v) is 7.11. The number of fused-ring (bicyclic) bond motifs is 1. The Morgan fingerprint density at radius 1 is 1.03 bits per heavy atom. The summed E-state index contributed by atoms with van der Waals surface area (Å²) >= 11 is 1.07. The van der Waals surface area contributed by atoms with Gasteiger partial charge < -0.3 is 9.80 Å². The Morgan fingerprint density at radius 3 is 2.32 bits per heavy atom. The third-order valence-electron chi connectivity index (χ3n) is 6.53. The van der Waals surface area contributed by atoms with E-state index in [-0.39, 0.29) is 21.6 Å². The molecule has 8 nitrogen and oxygen atoms in total. The lowest BCUT2D eigenvalue weighted by Crippen LogP contribution is -2.51. The molecule has 0 atom stereocenters. The van der Waals surface area contributed by atoms with Gasteiger partial charge in [-0.05, 0) is 44.5 Å². The van der Waals surface area contributed by atoms with E-state index in [0.29, 0.717) is 37.2 Å². The highest BCUT2D eigenvalue weighted by atomic mass is 32.2. The summed E-state index contributed by atoms with van der Waals surface area (Å²) in [7, 11) is -3.65. The summed E-state index contributed by atoms with van der Waals surface area (Å²) in [5.74, 6) is 0.0610. The number of piperazine rings is 1. The molecule has 0 saturated carbocycles. The number of rotatable bonds is 5. The smallest absolute Gasteiger partial charge is 0.308 e. The van der Waals surface area contributed by atoms with Crippen molar-refractivity contribution in [2.75, 3.05) is 45.8 Å². The summed E-state index contributed by atoms with van der Waals surface area (Å²) in [4.78, 5) is 29.4. The topological polar surface area (TPSA) is 82.9 Å². The van der Waals surface area contributed by atoms with Gasteiger partial charge in [-0.25, -0.2) is 8.42 Å². The van der Waals surface area contributed by atoms with Crippen molar-refractivity contribution in [3.8, 4) is 0 Å². The molecule has 0 bridgehead atoms. The minimum absolute atomic E-state index is 0.0776. The van der Waals surface area contributed by atoms with Crippen LogP contribution >= 0.6 is 11.3 Å². The van der Waals surface area contributed by atoms with Crippen LogP contribution in [0, 0.1) is 5.92 Å². The SMILES string of the molecule is CCN1CCN(C(=O)C2CCN(S(=O)(=O)c3ccc4c(c3)sc(=O)n4CC)CC2)CC1. The van der Waals surface area contributed by atoms with Crippen LogP contribution in [0.2, 0.25) is 0 Å². The Kier molecular flexibility index (Phi) is 6.52. The van der Waals surface area contributed by atoms with Crippen LogP contribution in [0.25, 0.3) is 10.2 Å². The van der Waals surface area contributed by atoms with Crippen molar-refractivity contribution in [1.82, 2.24) is 18.7 Å². The van der Waals surface area contributed by atoms with Gasteiger partial charge in [0.15, 0.2) is 0 Å². The summed E-state index contributed by atoms with van der Waals surface area (Å²) in [6.45, 7) is 9.60. The zero-order valence-electron chi connectivity index (χ0n) is 18.1. The molecular formula is C21H30N4O4S2. The molecule has 0 N–H and O–H groups in total. The minimum atomic E-state index is -3.65. The van der Waals surface area contributed by atoms with Crippen LogP contribution < -0.4 is 4.87 Å². The molecule has 4 rings (SSSR count). The molecule has 0 spiro atoms. The number of sulfonamides is 1. The Labute approximate surface area is 187 Å². The molecule has 2 aliphatic rings. The predicted molar refractivity (Wildman–Crippen MR) is 122 cm³/mol. The van der Waals surface area contributed by atoms with E-state index in [0.717, 1.165) is 49.6 Å². The van der Waals surface area contributed by atoms with Crippen molar-refractivity contribution in [3.63, 3.8) is 0 Å². The largest absolute Gasteiger partial charge is 0.340 e. The van der Waals surface area contributed by atoms with Crippen LogP contribution in [-0.4, -0.2) is 78.8 Å². The number of hydrogen-bond acceptors (Lipinski definition) is 6. The number of amides is 1. The first-order chi connectivity index (χ1) is 14.8. The molecule has 0 radical (unpaired) electrons. The van der Waals surface area contributed by atoms with Gasteiger partial charge >= 0.3 is 4.87 Å². The van der Waals surface area contributed by atoms with Crippen molar-refractivity contribution in [2.45, 2.75) is 38.1 Å². The molecule has 1 amide bonds. The van der Waals surface area contributed by atoms with Crippen molar-refractivity contribution in [1.29, 1.82) is 0 Å². The summed E-state index contributed by atoms with van der Waals surface area (Å²) in [6.07, 6.45) is 1.10. The second-order valence-electron chi connectivity index (χ2n) is 8.18. The first kappa shape index (κ1) is 22.4. The molecule has 170 valence electrons. The van der Waals surface area contributed by atoms with Crippen molar-refractivity contribution in [2.24, 2.45) is 5.92 Å². The van der Waals surface area contributed by atoms with E-state index in [1.165, 1.54) is 4.31 Å². The first-order valence-corrected chi connectivity index (χ1v) is 13.3. The molecule has 0 unspecified atom stereocenters. The highest BCUT2D eigenvalue weighted by Crippen LogP contribution is 2.28. The van der Waals surface area contributed by atoms with Crippen LogP contribution in [0.1, 0.15) is 26.7 Å². The Morgan fingerprint density at radius 2 is 1.71 bits per heavy atom. The molecule has 1 aromatic heterocycles. The van der Waals surface area contributed by atoms with Gasteiger partial charge in [0, 0.05) is 51.7 Å². The average molecular weight is 467 g/mol. The van der Waals surface area contributed by atoms with E-state index in [4.69, 9.17) is 0 Å². The summed E-state index contributed by atoms with van der Waals surface area (Å²) in [5, 5.41) is 0. The van der Waals surface area contributed by atoms with Gasteiger partial charge in [-0.15, -0.1) is 0 Å². The number of carbonyl (C=O) groups is 1. The number of benzene rings is 1. The first-order valence-electron chi connectivity index (χ1n) is 11.0. The fraction of sp³-hybridized carbons (Fsp3) is 0.619. The van der Waals surface area contributed by atoms with E-state index in [9.17, 15) is 18.0 Å². The van der Waals surface area contributed by atoms with Gasteiger partial charge in [0.1, 0.15) is 0 Å². The minimum Gasteiger partial charge on any atom is -0.340 e. The van der Waals surface area contributed by atoms with E-state index in [1.54, 1.807) is 22.8 Å². The monoisotopic (exact) mass is 466 g/mol. The number of carbonyl (C=O) groups excluding carboxylic acids is 1. The number of thiazole rings is 1. The molecule has 1 aromatic carbocycles. The van der Waals surface area contributed by atoms with E-state index in [1.807, 2.05) is 11.8 Å². The average Bonchev–Trinajstić information content (AvgIpc) is 3.12. The van der Waals surface area contributed by atoms with E-state index in [2.05, 4.69) is 11.8 Å². The van der Waals surface area contributed by atoms with Crippen molar-refractivity contribution < 1.29 is 13.2 Å². The highest BCUT2D eigenvalue weighted by molar-refractivity contribution is 7.89. The second kappa shape index (κ2) is 9.01. The van der Waals surface area contributed by atoms with Crippen LogP contribution in [0.3, 0.4) is 0 Å². The van der Waals surface area contributed by atoms with Gasteiger partial charge in [-0.3, -0.25) is 14.2 Å². The molecule has 2 saturated heterocycles. The zero-order valence-corrected chi connectivity index (χ0v) is 19.8. The van der Waals surface area contributed by atoms with Crippen LogP contribution in [0.15, 0.2) is 27.9 Å². The number of aryl methyl sites for hydroxylation is 1. The lowest BCUT2D eigenvalue weighted by atomic mass is 9.96. The van der Waals surface area contributed by atoms with Crippen LogP contribution in [0.5, 0.6) is 0 Å². The maximum absolute atomic E-state index is 13.2. The molecule has 31 heavy (non-hydrogen) atoms. The van der Waals surface area contributed by atoms with Gasteiger partial charge in [0.2, 0.25) is 15.9 Å². The van der Waals surface area contributed by atoms with E-state index < -0.39 is 10.0 Å². The summed E-state index contributed by atoms with van der Waals surface area (Å²) in [5.41, 5.74) is 0.768. The number of nitrogens with zero attached hydrogens (tertiary/aromatic N) is 4. The quantitative estimate of drug-likeness (QED) is 0.669. The number of hydrogen-bond donors (Lipinski definition) is 0. The van der Waals surface area contributed by atoms with Gasteiger partial charge in [-0.2, -0.15) is 4.31 Å². The fourth-order valence-electron chi connectivity index (χ4n) is 4.54. The Bertz CT molecular complexity index is 1110. The maximum Gasteiger partial charge on any atom is 0.308 e. The molecule has 2 aromatic rings. The predicted octanol–water partition coefficient (Wildman–Crippen LogP) is 1.65. The van der Waals surface area contributed by atoms with Gasteiger partial charge in [0.05, 0.1) is 15.1 Å². The highest BCUT2D eigenvalue weighted by Gasteiger charge is 2.34. The lowest BCUT2D eigenvalue weighted by Gasteiger charge is -2.38. The van der Waals surface area contributed by atoms with Gasteiger partial charge in [-0.1, -0.05) is 18.3 Å². The van der Waals surface area contributed by atoms with Gasteiger partial charge in [0.25, 0.3) is 0 Å². The molecule has 2 fully saturated rings. The summed E-state index contributed by atoms with van der Waals surface area (Å²) in [6, 6.07) is 4.91.